The quantitative estimate of drug-likeness (QED) is 0.863. The van der Waals surface area contributed by atoms with E-state index in [1.807, 2.05) is 24.3 Å². The predicted molar refractivity (Wildman–Crippen MR) is 81.4 cm³/mol. The van der Waals surface area contributed by atoms with Crippen molar-refractivity contribution in [3.8, 4) is 0 Å². The van der Waals surface area contributed by atoms with Crippen molar-refractivity contribution < 1.29 is 14.1 Å². The summed E-state index contributed by atoms with van der Waals surface area (Å²) in [5.74, 6) is 0.458. The minimum atomic E-state index is -0.926. The topological polar surface area (TPSA) is 75.4 Å². The number of urea groups is 1. The van der Waals surface area contributed by atoms with Crippen LogP contribution in [0.25, 0.3) is 0 Å². The van der Waals surface area contributed by atoms with E-state index < -0.39 is 5.54 Å². The smallest absolute Gasteiger partial charge is 0.325 e. The molecule has 1 aliphatic heterocycles. The molecule has 6 heteroatoms. The molecule has 6 nitrogen and oxygen atoms in total. The summed E-state index contributed by atoms with van der Waals surface area (Å²) in [6.45, 7) is 1.91. The number of carbonyl (C=O) groups is 2. The molecule has 1 spiro atoms. The Bertz CT molecular complexity index is 798. The Balaban J connectivity index is 1.70. The number of rotatable bonds is 2. The molecule has 3 amide bonds. The Morgan fingerprint density at radius 1 is 1.35 bits per heavy atom. The van der Waals surface area contributed by atoms with Crippen LogP contribution in [0.1, 0.15) is 35.4 Å². The molecule has 0 radical (unpaired) electrons. The van der Waals surface area contributed by atoms with Crippen LogP contribution >= 0.6 is 0 Å². The van der Waals surface area contributed by atoms with Crippen LogP contribution in [0.15, 0.2) is 34.9 Å². The molecule has 23 heavy (non-hydrogen) atoms. The van der Waals surface area contributed by atoms with Gasteiger partial charge in [0.25, 0.3) is 5.91 Å². The molecule has 118 valence electrons. The van der Waals surface area contributed by atoms with E-state index in [4.69, 9.17) is 4.52 Å². The van der Waals surface area contributed by atoms with Gasteiger partial charge in [0.2, 0.25) is 0 Å². The molecule has 1 unspecified atom stereocenters. The van der Waals surface area contributed by atoms with E-state index in [1.54, 1.807) is 13.0 Å². The van der Waals surface area contributed by atoms with E-state index in [1.165, 1.54) is 4.90 Å². The second kappa shape index (κ2) is 4.94. The lowest BCUT2D eigenvalue weighted by atomic mass is 9.76. The summed E-state index contributed by atoms with van der Waals surface area (Å²) in [6.07, 6.45) is 2.44. The van der Waals surface area contributed by atoms with Crippen molar-refractivity contribution in [3.63, 3.8) is 0 Å². The number of imide groups is 1. The Morgan fingerprint density at radius 3 is 2.96 bits per heavy atom. The Kier molecular flexibility index (Phi) is 3.01. The van der Waals surface area contributed by atoms with Crippen LogP contribution in [0.4, 0.5) is 4.79 Å². The minimum absolute atomic E-state index is 0.131. The Labute approximate surface area is 133 Å². The highest BCUT2D eigenvalue weighted by atomic mass is 16.5. The zero-order valence-electron chi connectivity index (χ0n) is 12.8. The van der Waals surface area contributed by atoms with Crippen LogP contribution < -0.4 is 5.32 Å². The van der Waals surface area contributed by atoms with E-state index in [-0.39, 0.29) is 18.5 Å². The average molecular weight is 311 g/mol. The number of benzene rings is 1. The number of fused-ring (bicyclic) bond motifs is 2. The molecule has 0 bridgehead atoms. The molecule has 1 aromatic carbocycles. The van der Waals surface area contributed by atoms with Crippen LogP contribution in [0.2, 0.25) is 0 Å². The Morgan fingerprint density at radius 2 is 2.17 bits per heavy atom. The number of amides is 3. The van der Waals surface area contributed by atoms with Crippen molar-refractivity contribution in [2.24, 2.45) is 0 Å². The summed E-state index contributed by atoms with van der Waals surface area (Å²) in [5, 5.41) is 6.81. The van der Waals surface area contributed by atoms with Crippen molar-refractivity contribution in [1.82, 2.24) is 15.4 Å². The standard InChI is InChI=1S/C17H17N3O3/c1-11-9-13(19-23-11)10-20-15(21)17(18-16(20)22)8-4-6-12-5-2-3-7-14(12)17/h2-3,5,7,9H,4,6,8,10H2,1H3,(H,18,22). The SMILES string of the molecule is Cc1cc(CN2C(=O)NC3(CCCc4ccccc43)C2=O)no1. The number of aromatic nitrogens is 1. The van der Waals surface area contributed by atoms with Gasteiger partial charge in [0.1, 0.15) is 17.0 Å². The maximum absolute atomic E-state index is 13.1. The molecule has 1 aliphatic carbocycles. The molecular weight excluding hydrogens is 294 g/mol. The Hall–Kier alpha value is -2.63. The summed E-state index contributed by atoms with van der Waals surface area (Å²) in [6, 6.07) is 9.22. The maximum atomic E-state index is 13.1. The normalized spacial score (nSPS) is 23.3. The van der Waals surface area contributed by atoms with E-state index >= 15 is 0 Å². The number of carbonyl (C=O) groups excluding carboxylic acids is 2. The molecule has 1 atom stereocenters. The molecular formula is C17H17N3O3. The first-order chi connectivity index (χ1) is 11.1. The van der Waals surface area contributed by atoms with Crippen molar-refractivity contribution in [3.05, 3.63) is 52.9 Å². The van der Waals surface area contributed by atoms with Crippen molar-refractivity contribution in [2.75, 3.05) is 0 Å². The summed E-state index contributed by atoms with van der Waals surface area (Å²) >= 11 is 0. The van der Waals surface area contributed by atoms with Crippen LogP contribution in [0, 0.1) is 6.92 Å². The fourth-order valence-corrected chi connectivity index (χ4v) is 3.61. The third kappa shape index (κ3) is 2.05. The highest BCUT2D eigenvalue weighted by molar-refractivity contribution is 6.07. The van der Waals surface area contributed by atoms with Gasteiger partial charge in [-0.1, -0.05) is 29.4 Å². The zero-order chi connectivity index (χ0) is 16.0. The second-order valence-corrected chi connectivity index (χ2v) is 6.17. The first-order valence-corrected chi connectivity index (χ1v) is 7.75. The first-order valence-electron chi connectivity index (χ1n) is 7.75. The van der Waals surface area contributed by atoms with Gasteiger partial charge in [0.15, 0.2) is 0 Å². The molecule has 2 heterocycles. The molecule has 1 aromatic heterocycles. The summed E-state index contributed by atoms with van der Waals surface area (Å²) < 4.78 is 5.02. The van der Waals surface area contributed by atoms with Gasteiger partial charge in [-0.05, 0) is 37.3 Å². The van der Waals surface area contributed by atoms with Gasteiger partial charge in [-0.15, -0.1) is 0 Å². The zero-order valence-corrected chi connectivity index (χ0v) is 12.8. The largest absolute Gasteiger partial charge is 0.361 e. The van der Waals surface area contributed by atoms with E-state index in [0.717, 1.165) is 24.0 Å². The van der Waals surface area contributed by atoms with E-state index in [9.17, 15) is 9.59 Å². The van der Waals surface area contributed by atoms with Crippen LogP contribution in [0.3, 0.4) is 0 Å². The van der Waals surface area contributed by atoms with E-state index in [0.29, 0.717) is 17.9 Å². The highest BCUT2D eigenvalue weighted by Crippen LogP contribution is 2.40. The maximum Gasteiger partial charge on any atom is 0.325 e. The van der Waals surface area contributed by atoms with Crippen molar-refractivity contribution >= 4 is 11.9 Å². The molecule has 2 aromatic rings. The first kappa shape index (κ1) is 14.0. The number of hydrogen-bond donors (Lipinski definition) is 1. The highest BCUT2D eigenvalue weighted by Gasteiger charge is 2.53. The van der Waals surface area contributed by atoms with Gasteiger partial charge in [0.05, 0.1) is 6.54 Å². The monoisotopic (exact) mass is 311 g/mol. The van der Waals surface area contributed by atoms with Gasteiger partial charge in [-0.3, -0.25) is 9.69 Å². The third-order valence-corrected chi connectivity index (χ3v) is 4.65. The summed E-state index contributed by atoms with van der Waals surface area (Å²) in [5.41, 5.74) is 1.70. The average Bonchev–Trinajstić information content (AvgIpc) is 3.06. The van der Waals surface area contributed by atoms with Gasteiger partial charge in [-0.25, -0.2) is 4.79 Å². The fourth-order valence-electron chi connectivity index (χ4n) is 3.61. The molecule has 4 rings (SSSR count). The molecule has 2 aliphatic rings. The summed E-state index contributed by atoms with van der Waals surface area (Å²) in [4.78, 5) is 26.7. The van der Waals surface area contributed by atoms with E-state index in [2.05, 4.69) is 10.5 Å². The van der Waals surface area contributed by atoms with Crippen molar-refractivity contribution in [1.29, 1.82) is 0 Å². The third-order valence-electron chi connectivity index (χ3n) is 4.65. The number of nitrogens with one attached hydrogen (secondary N) is 1. The number of aryl methyl sites for hydroxylation is 2. The lowest BCUT2D eigenvalue weighted by molar-refractivity contribution is -0.132. The van der Waals surface area contributed by atoms with Crippen LogP contribution in [0.5, 0.6) is 0 Å². The van der Waals surface area contributed by atoms with Crippen molar-refractivity contribution in [2.45, 2.75) is 38.3 Å². The summed E-state index contributed by atoms with van der Waals surface area (Å²) in [7, 11) is 0. The molecule has 0 saturated carbocycles. The van der Waals surface area contributed by atoms with Crippen LogP contribution in [-0.4, -0.2) is 22.0 Å². The lowest BCUT2D eigenvalue weighted by Gasteiger charge is -2.33. The number of nitrogens with zero attached hydrogens (tertiary/aromatic N) is 2. The van der Waals surface area contributed by atoms with Gasteiger partial charge in [-0.2, -0.15) is 0 Å². The van der Waals surface area contributed by atoms with Gasteiger partial charge >= 0.3 is 6.03 Å². The molecule has 1 fully saturated rings. The van der Waals surface area contributed by atoms with Gasteiger partial charge < -0.3 is 9.84 Å². The lowest BCUT2D eigenvalue weighted by Crippen LogP contribution is -2.46. The predicted octanol–water partition coefficient (Wildman–Crippen LogP) is 2.27. The van der Waals surface area contributed by atoms with Crippen LogP contribution in [-0.2, 0) is 23.3 Å². The van der Waals surface area contributed by atoms with Gasteiger partial charge in [0, 0.05) is 6.07 Å². The molecule has 1 N–H and O–H groups in total. The second-order valence-electron chi connectivity index (χ2n) is 6.17. The minimum Gasteiger partial charge on any atom is -0.361 e. The molecule has 1 saturated heterocycles. The fraction of sp³-hybridized carbons (Fsp3) is 0.353. The number of hydrogen-bond acceptors (Lipinski definition) is 4.